The van der Waals surface area contributed by atoms with Crippen LogP contribution >= 0.6 is 11.8 Å². The Morgan fingerprint density at radius 3 is 2.65 bits per heavy atom. The molecule has 2 aromatic carbocycles. The lowest BCUT2D eigenvalue weighted by atomic mass is 10.2. The fourth-order valence-electron chi connectivity index (χ4n) is 1.57. The Morgan fingerprint density at radius 2 is 1.95 bits per heavy atom. The lowest BCUT2D eigenvalue weighted by molar-refractivity contribution is 0.0696. The van der Waals surface area contributed by atoms with Gasteiger partial charge in [-0.25, -0.2) is 9.18 Å². The van der Waals surface area contributed by atoms with Crippen LogP contribution in [-0.2, 0) is 0 Å². The van der Waals surface area contributed by atoms with Gasteiger partial charge in [0.2, 0.25) is 0 Å². The van der Waals surface area contributed by atoms with Crippen molar-refractivity contribution in [1.82, 2.24) is 0 Å². The van der Waals surface area contributed by atoms with Crippen molar-refractivity contribution >= 4 is 17.7 Å². The van der Waals surface area contributed by atoms with Crippen LogP contribution in [0.1, 0.15) is 10.4 Å². The van der Waals surface area contributed by atoms with E-state index in [-0.39, 0.29) is 11.4 Å². The second kappa shape index (κ2) is 6.96. The molecule has 5 heteroatoms. The summed E-state index contributed by atoms with van der Waals surface area (Å²) in [7, 11) is 0. The van der Waals surface area contributed by atoms with Crippen LogP contribution in [0.25, 0.3) is 0 Å². The van der Waals surface area contributed by atoms with Crippen LogP contribution in [0.3, 0.4) is 0 Å². The van der Waals surface area contributed by atoms with Crippen molar-refractivity contribution in [1.29, 1.82) is 0 Å². The molecule has 2 rings (SSSR count). The Labute approximate surface area is 120 Å². The summed E-state index contributed by atoms with van der Waals surface area (Å²) in [5.74, 6) is 0.0685. The van der Waals surface area contributed by atoms with E-state index in [9.17, 15) is 9.18 Å². The molecule has 0 saturated heterocycles. The Balaban J connectivity index is 1.79. The van der Waals surface area contributed by atoms with Crippen molar-refractivity contribution in [2.45, 2.75) is 4.90 Å². The quantitative estimate of drug-likeness (QED) is 0.651. The molecular formula is C15H13FO3S. The van der Waals surface area contributed by atoms with Gasteiger partial charge in [-0.3, -0.25) is 0 Å². The van der Waals surface area contributed by atoms with E-state index >= 15 is 0 Å². The maximum absolute atomic E-state index is 12.7. The van der Waals surface area contributed by atoms with Gasteiger partial charge < -0.3 is 9.84 Å². The van der Waals surface area contributed by atoms with E-state index in [2.05, 4.69) is 0 Å². The van der Waals surface area contributed by atoms with E-state index < -0.39 is 5.97 Å². The summed E-state index contributed by atoms with van der Waals surface area (Å²) in [6.45, 7) is 0.466. The van der Waals surface area contributed by atoms with Crippen molar-refractivity contribution in [2.24, 2.45) is 0 Å². The monoisotopic (exact) mass is 292 g/mol. The molecule has 0 bridgehead atoms. The zero-order valence-electron chi connectivity index (χ0n) is 10.6. The number of benzene rings is 2. The van der Waals surface area contributed by atoms with Gasteiger partial charge in [0.25, 0.3) is 0 Å². The molecule has 0 atom stereocenters. The lowest BCUT2D eigenvalue weighted by Crippen LogP contribution is -2.00. The smallest absolute Gasteiger partial charge is 0.335 e. The number of hydrogen-bond donors (Lipinski definition) is 1. The average Bonchev–Trinajstić information content (AvgIpc) is 2.46. The van der Waals surface area contributed by atoms with Crippen molar-refractivity contribution < 1.29 is 19.0 Å². The molecule has 104 valence electrons. The lowest BCUT2D eigenvalue weighted by Gasteiger charge is -2.06. The topological polar surface area (TPSA) is 46.5 Å². The molecule has 1 N–H and O–H groups in total. The number of carboxylic acid groups (broad SMARTS) is 1. The molecule has 0 amide bonds. The Bertz CT molecular complexity index is 584. The molecule has 0 unspecified atom stereocenters. The molecular weight excluding hydrogens is 279 g/mol. The highest BCUT2D eigenvalue weighted by Crippen LogP contribution is 2.19. The number of rotatable bonds is 6. The van der Waals surface area contributed by atoms with Crippen LogP contribution in [0.15, 0.2) is 53.4 Å². The van der Waals surface area contributed by atoms with Crippen LogP contribution in [0, 0.1) is 5.82 Å². The average molecular weight is 292 g/mol. The van der Waals surface area contributed by atoms with Crippen molar-refractivity contribution in [3.63, 3.8) is 0 Å². The van der Waals surface area contributed by atoms with E-state index in [0.29, 0.717) is 18.1 Å². The first-order valence-corrected chi connectivity index (χ1v) is 6.98. The molecule has 0 radical (unpaired) electrons. The minimum absolute atomic E-state index is 0.273. The highest BCUT2D eigenvalue weighted by atomic mass is 32.2. The summed E-state index contributed by atoms with van der Waals surface area (Å²) in [6, 6.07) is 12.6. The number of halogens is 1. The van der Waals surface area contributed by atoms with E-state index in [1.54, 1.807) is 30.3 Å². The second-order valence-corrected chi connectivity index (χ2v) is 5.15. The molecule has 0 saturated carbocycles. The third kappa shape index (κ3) is 4.28. The maximum Gasteiger partial charge on any atom is 0.335 e. The van der Waals surface area contributed by atoms with Gasteiger partial charge in [0.15, 0.2) is 0 Å². The van der Waals surface area contributed by atoms with Gasteiger partial charge in [-0.2, -0.15) is 0 Å². The summed E-state index contributed by atoms with van der Waals surface area (Å²) in [5.41, 5.74) is 0.273. The highest BCUT2D eigenvalue weighted by molar-refractivity contribution is 7.99. The number of thioether (sulfide) groups is 1. The van der Waals surface area contributed by atoms with Gasteiger partial charge in [-0.15, -0.1) is 11.8 Å². The molecule has 2 aromatic rings. The molecule has 0 fully saturated rings. The standard InChI is InChI=1S/C15H13FO3S/c16-12-4-6-13(7-5-12)19-8-9-20-14-3-1-2-11(10-14)15(17)18/h1-7,10H,8-9H2,(H,17,18). The first-order valence-electron chi connectivity index (χ1n) is 6.00. The molecule has 0 spiro atoms. The molecule has 0 aliphatic heterocycles. The normalized spacial score (nSPS) is 10.2. The third-order valence-corrected chi connectivity index (χ3v) is 3.47. The molecule has 0 aliphatic rings. The van der Waals surface area contributed by atoms with Crippen LogP contribution in [0.4, 0.5) is 4.39 Å². The highest BCUT2D eigenvalue weighted by Gasteiger charge is 2.03. The SMILES string of the molecule is O=C(O)c1cccc(SCCOc2ccc(F)cc2)c1. The maximum atomic E-state index is 12.7. The minimum Gasteiger partial charge on any atom is -0.493 e. The molecule has 0 heterocycles. The summed E-state index contributed by atoms with van der Waals surface area (Å²) in [4.78, 5) is 11.7. The van der Waals surface area contributed by atoms with Crippen LogP contribution < -0.4 is 4.74 Å². The number of hydrogen-bond acceptors (Lipinski definition) is 3. The van der Waals surface area contributed by atoms with Crippen LogP contribution in [0.5, 0.6) is 5.75 Å². The minimum atomic E-state index is -0.935. The number of carbonyl (C=O) groups is 1. The van der Waals surface area contributed by atoms with Gasteiger partial charge in [0.1, 0.15) is 11.6 Å². The van der Waals surface area contributed by atoms with E-state index in [1.165, 1.54) is 23.9 Å². The first kappa shape index (κ1) is 14.4. The summed E-state index contributed by atoms with van der Waals surface area (Å²) in [5, 5.41) is 8.89. The first-order chi connectivity index (χ1) is 9.65. The van der Waals surface area contributed by atoms with Gasteiger partial charge in [-0.1, -0.05) is 6.07 Å². The van der Waals surface area contributed by atoms with Gasteiger partial charge >= 0.3 is 5.97 Å². The fourth-order valence-corrected chi connectivity index (χ4v) is 2.36. The number of ether oxygens (including phenoxy) is 1. The van der Waals surface area contributed by atoms with Gasteiger partial charge in [0.05, 0.1) is 12.2 Å². The Kier molecular flexibility index (Phi) is 5.01. The van der Waals surface area contributed by atoms with Gasteiger partial charge in [-0.05, 0) is 42.5 Å². The van der Waals surface area contributed by atoms with Crippen molar-refractivity contribution in [3.05, 3.63) is 59.9 Å². The third-order valence-electron chi connectivity index (χ3n) is 2.52. The zero-order chi connectivity index (χ0) is 14.4. The number of carboxylic acids is 1. The molecule has 0 aliphatic carbocycles. The van der Waals surface area contributed by atoms with Crippen molar-refractivity contribution in [2.75, 3.05) is 12.4 Å². The fraction of sp³-hybridized carbons (Fsp3) is 0.133. The summed E-state index contributed by atoms with van der Waals surface area (Å²) in [6.07, 6.45) is 0. The molecule has 3 nitrogen and oxygen atoms in total. The molecule has 0 aromatic heterocycles. The predicted octanol–water partition coefficient (Wildman–Crippen LogP) is 3.70. The van der Waals surface area contributed by atoms with Crippen molar-refractivity contribution in [3.8, 4) is 5.75 Å². The van der Waals surface area contributed by atoms with E-state index in [0.717, 1.165) is 4.90 Å². The largest absolute Gasteiger partial charge is 0.493 e. The number of aromatic carboxylic acids is 1. The summed E-state index contributed by atoms with van der Waals surface area (Å²) >= 11 is 1.51. The second-order valence-electron chi connectivity index (χ2n) is 3.98. The molecule has 20 heavy (non-hydrogen) atoms. The zero-order valence-corrected chi connectivity index (χ0v) is 11.4. The Hall–Kier alpha value is -2.01. The van der Waals surface area contributed by atoms with Crippen LogP contribution in [-0.4, -0.2) is 23.4 Å². The van der Waals surface area contributed by atoms with Gasteiger partial charge in [0, 0.05) is 10.6 Å². The Morgan fingerprint density at radius 1 is 1.20 bits per heavy atom. The van der Waals surface area contributed by atoms with E-state index in [1.807, 2.05) is 6.07 Å². The predicted molar refractivity (Wildman–Crippen MR) is 76.0 cm³/mol. The van der Waals surface area contributed by atoms with E-state index in [4.69, 9.17) is 9.84 Å². The van der Waals surface area contributed by atoms with Crippen LogP contribution in [0.2, 0.25) is 0 Å². The summed E-state index contributed by atoms with van der Waals surface area (Å²) < 4.78 is 18.1.